The molecule has 14 rings (SSSR count). The first-order valence-electron chi connectivity index (χ1n) is 22.3. The monoisotopic (exact) mass is 842 g/mol. The second-order valence-electron chi connectivity index (χ2n) is 17.0. The number of hydrogen-bond donors (Lipinski definition) is 0. The quantitative estimate of drug-likeness (QED) is 0.159. The van der Waals surface area contributed by atoms with Gasteiger partial charge in [-0.1, -0.05) is 176 Å². The fraction of sp³-hybridized carbons (Fsp3) is 0.0333. The predicted octanol–water partition coefficient (Wildman–Crippen LogP) is 13.9. The normalized spacial score (nSPS) is 14.4. The third-order valence-corrected chi connectivity index (χ3v) is 13.1. The Morgan fingerprint density at radius 1 is 0.258 bits per heavy atom. The number of nitrogens with zero attached hydrogens (tertiary/aromatic N) is 6. The summed E-state index contributed by atoms with van der Waals surface area (Å²) in [5, 5.41) is 1.11. The van der Waals surface area contributed by atoms with Crippen LogP contribution in [0.3, 0.4) is 0 Å². The van der Waals surface area contributed by atoms with E-state index in [9.17, 15) is 0 Å². The molecule has 0 saturated heterocycles. The van der Waals surface area contributed by atoms with Crippen LogP contribution in [0.2, 0.25) is 0 Å². The summed E-state index contributed by atoms with van der Waals surface area (Å²) in [6, 6.07) is 74.5. The molecule has 2 unspecified atom stereocenters. The summed E-state index contributed by atoms with van der Waals surface area (Å²) in [7, 11) is 0. The lowest BCUT2D eigenvalue weighted by Crippen LogP contribution is -2.27. The third-order valence-electron chi connectivity index (χ3n) is 13.1. The maximum Gasteiger partial charge on any atom is 0.164 e. The van der Waals surface area contributed by atoms with Crippen molar-refractivity contribution >= 4 is 10.9 Å². The average Bonchev–Trinajstić information content (AvgIpc) is 3.40. The largest absolute Gasteiger partial charge is 0.256 e. The van der Waals surface area contributed by atoms with Gasteiger partial charge in [-0.15, -0.1) is 0 Å². The van der Waals surface area contributed by atoms with Gasteiger partial charge in [0.15, 0.2) is 23.3 Å². The van der Waals surface area contributed by atoms with Gasteiger partial charge >= 0.3 is 0 Å². The van der Waals surface area contributed by atoms with Crippen LogP contribution in [-0.4, -0.2) is 29.9 Å². The van der Waals surface area contributed by atoms with Crippen molar-refractivity contribution in [3.63, 3.8) is 0 Å². The number of aromatic nitrogens is 6. The Labute approximate surface area is 382 Å². The third kappa shape index (κ3) is 6.50. The summed E-state index contributed by atoms with van der Waals surface area (Å²) < 4.78 is 0. The molecular weight excluding hydrogens is 805 g/mol. The predicted molar refractivity (Wildman–Crippen MR) is 264 cm³/mol. The molecule has 3 aliphatic carbocycles. The van der Waals surface area contributed by atoms with Crippen LogP contribution in [0.1, 0.15) is 45.2 Å². The number of pyridine rings is 1. The minimum atomic E-state index is 0.0439. The highest BCUT2D eigenvalue weighted by Gasteiger charge is 2.41. The molecule has 308 valence electrons. The molecule has 0 fully saturated rings. The van der Waals surface area contributed by atoms with E-state index in [1.54, 1.807) is 0 Å². The first-order chi connectivity index (χ1) is 32.7. The minimum Gasteiger partial charge on any atom is -0.256 e. The fourth-order valence-electron chi connectivity index (χ4n) is 10.00. The van der Waals surface area contributed by atoms with Gasteiger partial charge in [-0.25, -0.2) is 24.9 Å². The van der Waals surface area contributed by atoms with Gasteiger partial charge in [0.1, 0.15) is 0 Å². The van der Waals surface area contributed by atoms with E-state index < -0.39 is 0 Å². The van der Waals surface area contributed by atoms with E-state index in [0.717, 1.165) is 66.8 Å². The Bertz CT molecular complexity index is 3610. The second kappa shape index (κ2) is 15.5. The molecule has 8 aromatic carbocycles. The summed E-state index contributed by atoms with van der Waals surface area (Å²) >= 11 is 0. The molecule has 0 radical (unpaired) electrons. The van der Waals surface area contributed by atoms with Crippen molar-refractivity contribution in [2.24, 2.45) is 0 Å². The first kappa shape index (κ1) is 37.8. The highest BCUT2D eigenvalue weighted by Crippen LogP contribution is 2.56. The van der Waals surface area contributed by atoms with Crippen molar-refractivity contribution in [1.82, 2.24) is 29.9 Å². The standard InChI is InChI=1S/C60H38N6/c1-4-15-37(16-5-1)57-62-53(42-23-14-22-40(31-42)45-32-41-21-10-13-26-52(41)61-36-45)35-54(63-57)43-27-29-48-50(33-43)55-46-24-11-12-25-47(46)56(48)51-34-44(28-30-49(51)55)60-65-58(38-17-6-2-7-18-38)64-59(66-60)39-19-8-3-9-20-39/h1-36,55-56H. The average molecular weight is 843 g/mol. The van der Waals surface area contributed by atoms with Crippen LogP contribution < -0.4 is 0 Å². The molecule has 6 nitrogen and oxygen atoms in total. The zero-order valence-corrected chi connectivity index (χ0v) is 35.6. The molecule has 6 heteroatoms. The Morgan fingerprint density at radius 3 is 1.30 bits per heavy atom. The van der Waals surface area contributed by atoms with Crippen LogP contribution in [-0.2, 0) is 0 Å². The smallest absolute Gasteiger partial charge is 0.164 e. The van der Waals surface area contributed by atoms with E-state index in [1.807, 2.05) is 72.9 Å². The molecule has 11 aromatic rings. The number of benzene rings is 8. The van der Waals surface area contributed by atoms with Crippen molar-refractivity contribution in [3.05, 3.63) is 252 Å². The fourth-order valence-corrected chi connectivity index (χ4v) is 10.00. The Hall–Kier alpha value is -8.74. The van der Waals surface area contributed by atoms with E-state index in [4.69, 9.17) is 29.9 Å². The minimum absolute atomic E-state index is 0.0439. The second-order valence-corrected chi connectivity index (χ2v) is 17.0. The van der Waals surface area contributed by atoms with E-state index in [-0.39, 0.29) is 11.8 Å². The number of rotatable bonds is 7. The summed E-state index contributed by atoms with van der Waals surface area (Å²) in [5.74, 6) is 2.74. The summed E-state index contributed by atoms with van der Waals surface area (Å²) in [6.45, 7) is 0. The van der Waals surface area contributed by atoms with Crippen LogP contribution >= 0.6 is 0 Å². The summed E-state index contributed by atoms with van der Waals surface area (Å²) in [6.07, 6.45) is 1.96. The zero-order chi connectivity index (χ0) is 43.6. The Morgan fingerprint density at radius 2 is 0.697 bits per heavy atom. The molecular formula is C60H38N6. The molecule has 0 amide bonds. The molecule has 66 heavy (non-hydrogen) atoms. The molecule has 2 atom stereocenters. The maximum atomic E-state index is 5.28. The van der Waals surface area contributed by atoms with Gasteiger partial charge in [0, 0.05) is 62.4 Å². The van der Waals surface area contributed by atoms with Crippen molar-refractivity contribution in [1.29, 1.82) is 0 Å². The topological polar surface area (TPSA) is 77.3 Å². The SMILES string of the molecule is c1ccc(-c2nc(-c3cccc(-c4cnc5ccccc5c4)c3)cc(-c3ccc4c(c3)C3c5ccccc5C4c4cc(-c5nc(-c6ccccc6)nc(-c6ccccc6)n5)ccc43)n2)cc1. The molecule has 0 saturated carbocycles. The lowest BCUT2D eigenvalue weighted by molar-refractivity contribution is 0.754. The van der Waals surface area contributed by atoms with Crippen molar-refractivity contribution in [3.8, 4) is 79.2 Å². The zero-order valence-electron chi connectivity index (χ0n) is 35.6. The lowest BCUT2D eigenvalue weighted by Gasteiger charge is -2.42. The van der Waals surface area contributed by atoms with Crippen molar-refractivity contribution < 1.29 is 0 Å². The summed E-state index contributed by atoms with van der Waals surface area (Å²) in [4.78, 5) is 30.4. The Balaban J connectivity index is 0.921. The molecule has 2 bridgehead atoms. The summed E-state index contributed by atoms with van der Waals surface area (Å²) in [5.41, 5.74) is 18.7. The van der Waals surface area contributed by atoms with Gasteiger partial charge in [-0.2, -0.15) is 0 Å². The van der Waals surface area contributed by atoms with E-state index >= 15 is 0 Å². The first-order valence-corrected chi connectivity index (χ1v) is 22.3. The number of fused-ring (bicyclic) bond motifs is 1. The number of hydrogen-bond acceptors (Lipinski definition) is 6. The van der Waals surface area contributed by atoms with Crippen LogP contribution in [0.4, 0.5) is 0 Å². The molecule has 3 aliphatic rings. The lowest BCUT2D eigenvalue weighted by atomic mass is 9.60. The van der Waals surface area contributed by atoms with Crippen molar-refractivity contribution in [2.75, 3.05) is 0 Å². The Kier molecular flexibility index (Phi) is 8.88. The maximum absolute atomic E-state index is 5.28. The van der Waals surface area contributed by atoms with Gasteiger partial charge in [0.05, 0.1) is 16.9 Å². The molecule has 0 aliphatic heterocycles. The van der Waals surface area contributed by atoms with Crippen molar-refractivity contribution in [2.45, 2.75) is 11.8 Å². The van der Waals surface area contributed by atoms with E-state index in [0.29, 0.717) is 23.3 Å². The van der Waals surface area contributed by atoms with E-state index in [1.165, 1.54) is 33.4 Å². The molecule has 0 spiro atoms. The van der Waals surface area contributed by atoms with Gasteiger partial charge in [0.25, 0.3) is 0 Å². The van der Waals surface area contributed by atoms with Crippen LogP contribution in [0, 0.1) is 0 Å². The highest BCUT2D eigenvalue weighted by molar-refractivity contribution is 5.85. The van der Waals surface area contributed by atoms with Crippen LogP contribution in [0.15, 0.2) is 219 Å². The van der Waals surface area contributed by atoms with Gasteiger partial charge in [-0.05, 0) is 75.3 Å². The highest BCUT2D eigenvalue weighted by atomic mass is 15.0. The number of para-hydroxylation sites is 1. The van der Waals surface area contributed by atoms with E-state index in [2.05, 4.69) is 146 Å². The molecule has 3 aromatic heterocycles. The molecule has 3 heterocycles. The van der Waals surface area contributed by atoms with Gasteiger partial charge in [0.2, 0.25) is 0 Å². The molecule has 0 N–H and O–H groups in total. The van der Waals surface area contributed by atoms with Crippen LogP contribution in [0.25, 0.3) is 90.1 Å². The van der Waals surface area contributed by atoms with Gasteiger partial charge < -0.3 is 0 Å². The van der Waals surface area contributed by atoms with Crippen LogP contribution in [0.5, 0.6) is 0 Å². The van der Waals surface area contributed by atoms with Gasteiger partial charge in [-0.3, -0.25) is 4.98 Å².